The van der Waals surface area contributed by atoms with Crippen molar-refractivity contribution in [3.8, 4) is 0 Å². The summed E-state index contributed by atoms with van der Waals surface area (Å²) in [4.78, 5) is 63.1. The standard InChI is InChI=1S/C28H31ClN4O6/c1-15-18(11-24(35)39-28(2,3)4)10-19(12-21(15)29)31-27(38)30-13-16-5-6-17-14-33(26(37)20(17)9-16)22-7-8-23(34)32-25(22)36/h5-6,9-10,12,22H,7-8,11,13-14H2,1-4H3,(H2,30,31,38)(H,32,34,36). The first-order chi connectivity index (χ1) is 18.3. The lowest BCUT2D eigenvalue weighted by Crippen LogP contribution is -2.52. The van der Waals surface area contributed by atoms with Gasteiger partial charge in [0.25, 0.3) is 5.91 Å². The van der Waals surface area contributed by atoms with Crippen LogP contribution in [0.3, 0.4) is 0 Å². The van der Waals surface area contributed by atoms with Gasteiger partial charge in [-0.15, -0.1) is 0 Å². The van der Waals surface area contributed by atoms with Crippen molar-refractivity contribution in [1.82, 2.24) is 15.5 Å². The Kier molecular flexibility index (Phi) is 7.96. The minimum atomic E-state index is -0.684. The molecule has 1 unspecified atom stereocenters. The molecule has 4 rings (SSSR count). The van der Waals surface area contributed by atoms with Gasteiger partial charge in [-0.2, -0.15) is 0 Å². The molecule has 2 aromatic carbocycles. The van der Waals surface area contributed by atoms with Gasteiger partial charge in [-0.25, -0.2) is 4.79 Å². The van der Waals surface area contributed by atoms with Crippen molar-refractivity contribution >= 4 is 47.0 Å². The lowest BCUT2D eigenvalue weighted by molar-refractivity contribution is -0.154. The molecule has 2 aliphatic heterocycles. The highest BCUT2D eigenvalue weighted by atomic mass is 35.5. The van der Waals surface area contributed by atoms with Crippen molar-refractivity contribution in [1.29, 1.82) is 0 Å². The van der Waals surface area contributed by atoms with Crippen LogP contribution in [0, 0.1) is 6.92 Å². The van der Waals surface area contributed by atoms with Gasteiger partial charge in [0.15, 0.2) is 0 Å². The number of hydrogen-bond donors (Lipinski definition) is 3. The van der Waals surface area contributed by atoms with E-state index in [1.54, 1.807) is 52.0 Å². The number of benzene rings is 2. The quantitative estimate of drug-likeness (QED) is 0.369. The summed E-state index contributed by atoms with van der Waals surface area (Å²) in [6.45, 7) is 7.60. The first-order valence-electron chi connectivity index (χ1n) is 12.6. The molecular formula is C28H31ClN4O6. The summed E-state index contributed by atoms with van der Waals surface area (Å²) in [6, 6.07) is 7.42. The number of nitrogens with one attached hydrogen (secondary N) is 3. The second-order valence-corrected chi connectivity index (χ2v) is 11.1. The Hall–Kier alpha value is -3.92. The van der Waals surface area contributed by atoms with E-state index in [2.05, 4.69) is 16.0 Å². The van der Waals surface area contributed by atoms with Crippen LogP contribution < -0.4 is 16.0 Å². The smallest absolute Gasteiger partial charge is 0.319 e. The van der Waals surface area contributed by atoms with Crippen molar-refractivity contribution in [3.63, 3.8) is 0 Å². The second-order valence-electron chi connectivity index (χ2n) is 10.7. The van der Waals surface area contributed by atoms with Crippen LogP contribution in [0.1, 0.15) is 66.2 Å². The molecule has 2 aromatic rings. The van der Waals surface area contributed by atoms with Gasteiger partial charge in [0.1, 0.15) is 11.6 Å². The van der Waals surface area contributed by atoms with Gasteiger partial charge >= 0.3 is 12.0 Å². The molecule has 3 N–H and O–H groups in total. The van der Waals surface area contributed by atoms with E-state index in [0.717, 1.165) is 11.1 Å². The molecule has 39 heavy (non-hydrogen) atoms. The maximum Gasteiger partial charge on any atom is 0.319 e. The molecule has 10 nitrogen and oxygen atoms in total. The fourth-order valence-electron chi connectivity index (χ4n) is 4.59. The summed E-state index contributed by atoms with van der Waals surface area (Å²) in [6.07, 6.45) is 0.496. The van der Waals surface area contributed by atoms with Crippen molar-refractivity contribution in [2.45, 2.75) is 71.7 Å². The van der Waals surface area contributed by atoms with Crippen LogP contribution in [-0.2, 0) is 38.6 Å². The number of imide groups is 1. The Morgan fingerprint density at radius 1 is 1.15 bits per heavy atom. The van der Waals surface area contributed by atoms with E-state index in [4.69, 9.17) is 16.3 Å². The van der Waals surface area contributed by atoms with Crippen LogP contribution in [0.25, 0.3) is 0 Å². The molecular weight excluding hydrogens is 524 g/mol. The number of carbonyl (C=O) groups excluding carboxylic acids is 5. The highest BCUT2D eigenvalue weighted by Crippen LogP contribution is 2.29. The number of piperidine rings is 1. The second kappa shape index (κ2) is 11.1. The number of anilines is 1. The SMILES string of the molecule is Cc1c(Cl)cc(NC(=O)NCc2ccc3c(c2)C(=O)N(C2CCC(=O)NC2=O)C3)cc1CC(=O)OC(C)(C)C. The summed E-state index contributed by atoms with van der Waals surface area (Å²) in [7, 11) is 0. The summed E-state index contributed by atoms with van der Waals surface area (Å²) < 4.78 is 5.39. The third-order valence-corrected chi connectivity index (χ3v) is 6.90. The molecule has 1 fully saturated rings. The number of amides is 5. The van der Waals surface area contributed by atoms with Gasteiger partial charge in [0.2, 0.25) is 11.8 Å². The molecule has 206 valence electrons. The first-order valence-corrected chi connectivity index (χ1v) is 13.0. The van der Waals surface area contributed by atoms with E-state index < -0.39 is 29.6 Å². The van der Waals surface area contributed by atoms with Crippen molar-refractivity contribution < 1.29 is 28.7 Å². The first kappa shape index (κ1) is 28.1. The summed E-state index contributed by atoms with van der Waals surface area (Å²) in [5.41, 5.74) is 3.13. The van der Waals surface area contributed by atoms with Crippen LogP contribution in [0.4, 0.5) is 10.5 Å². The normalized spacial score (nSPS) is 17.0. The van der Waals surface area contributed by atoms with Crippen molar-refractivity contribution in [2.24, 2.45) is 0 Å². The van der Waals surface area contributed by atoms with E-state index in [1.165, 1.54) is 4.90 Å². The highest BCUT2D eigenvalue weighted by molar-refractivity contribution is 6.31. The van der Waals surface area contributed by atoms with Crippen molar-refractivity contribution in [2.75, 3.05) is 5.32 Å². The zero-order valence-electron chi connectivity index (χ0n) is 22.3. The Morgan fingerprint density at radius 3 is 2.59 bits per heavy atom. The van der Waals surface area contributed by atoms with E-state index in [1.807, 2.05) is 6.07 Å². The van der Waals surface area contributed by atoms with Crippen LogP contribution in [0.2, 0.25) is 5.02 Å². The Labute approximate surface area is 231 Å². The average molecular weight is 555 g/mol. The minimum absolute atomic E-state index is 0.0129. The fourth-order valence-corrected chi connectivity index (χ4v) is 4.83. The number of carbonyl (C=O) groups is 5. The molecule has 1 saturated heterocycles. The van der Waals surface area contributed by atoms with Crippen molar-refractivity contribution in [3.05, 3.63) is 63.2 Å². The Balaban J connectivity index is 1.37. The lowest BCUT2D eigenvalue weighted by Gasteiger charge is -2.29. The van der Waals surface area contributed by atoms with E-state index >= 15 is 0 Å². The summed E-state index contributed by atoms with van der Waals surface area (Å²) >= 11 is 6.34. The number of hydrogen-bond acceptors (Lipinski definition) is 6. The van der Waals surface area contributed by atoms with Crippen LogP contribution in [0.5, 0.6) is 0 Å². The third-order valence-electron chi connectivity index (χ3n) is 6.51. The molecule has 0 radical (unpaired) electrons. The number of halogens is 1. The number of urea groups is 1. The maximum atomic E-state index is 13.0. The summed E-state index contributed by atoms with van der Waals surface area (Å²) in [5, 5.41) is 8.18. The number of nitrogens with zero attached hydrogens (tertiary/aromatic N) is 1. The molecule has 0 aliphatic carbocycles. The van der Waals surface area contributed by atoms with Crippen LogP contribution >= 0.6 is 11.6 Å². The highest BCUT2D eigenvalue weighted by Gasteiger charge is 2.39. The van der Waals surface area contributed by atoms with Gasteiger partial charge in [0.05, 0.1) is 6.42 Å². The van der Waals surface area contributed by atoms with Gasteiger partial charge in [-0.3, -0.25) is 24.5 Å². The van der Waals surface area contributed by atoms with Crippen LogP contribution in [0.15, 0.2) is 30.3 Å². The molecule has 0 saturated carbocycles. The lowest BCUT2D eigenvalue weighted by atomic mass is 10.0. The molecule has 1 atom stereocenters. The minimum Gasteiger partial charge on any atom is -0.460 e. The van der Waals surface area contributed by atoms with E-state index in [9.17, 15) is 24.0 Å². The number of fused-ring (bicyclic) bond motifs is 1. The Morgan fingerprint density at radius 2 is 1.90 bits per heavy atom. The molecule has 2 aliphatic rings. The van der Waals surface area contributed by atoms with E-state index in [0.29, 0.717) is 33.8 Å². The zero-order valence-corrected chi connectivity index (χ0v) is 23.0. The number of rotatable bonds is 6. The predicted octanol–water partition coefficient (Wildman–Crippen LogP) is 3.62. The molecule has 0 bridgehead atoms. The van der Waals surface area contributed by atoms with Gasteiger partial charge in [-0.05, 0) is 74.6 Å². The molecule has 0 spiro atoms. The molecule has 5 amide bonds. The average Bonchev–Trinajstić information content (AvgIpc) is 3.15. The topological polar surface area (TPSA) is 134 Å². The molecule has 0 aromatic heterocycles. The number of ether oxygens (including phenoxy) is 1. The van der Waals surface area contributed by atoms with E-state index in [-0.39, 0.29) is 37.7 Å². The Bertz CT molecular complexity index is 1370. The van der Waals surface area contributed by atoms with Gasteiger partial charge < -0.3 is 20.3 Å². The van der Waals surface area contributed by atoms with Gasteiger partial charge in [0, 0.05) is 35.8 Å². The largest absolute Gasteiger partial charge is 0.460 e. The third kappa shape index (κ3) is 6.75. The fraction of sp³-hybridized carbons (Fsp3) is 0.393. The van der Waals surface area contributed by atoms with Crippen LogP contribution in [-0.4, -0.2) is 46.3 Å². The maximum absolute atomic E-state index is 13.0. The van der Waals surface area contributed by atoms with Gasteiger partial charge in [-0.1, -0.05) is 23.7 Å². The number of esters is 1. The monoisotopic (exact) mass is 554 g/mol. The molecule has 2 heterocycles. The predicted molar refractivity (Wildman–Crippen MR) is 144 cm³/mol. The molecule has 11 heteroatoms. The zero-order chi connectivity index (χ0) is 28.5. The summed E-state index contributed by atoms with van der Waals surface area (Å²) in [5.74, 6) is -1.47.